The van der Waals surface area contributed by atoms with E-state index in [2.05, 4.69) is 4.98 Å². The first-order chi connectivity index (χ1) is 17.0. The van der Waals surface area contributed by atoms with Crippen LogP contribution in [0.3, 0.4) is 0 Å². The first kappa shape index (κ1) is 20.4. The average molecular weight is 473 g/mol. The highest BCUT2D eigenvalue weighted by atomic mass is 16.7. The third-order valence-corrected chi connectivity index (χ3v) is 7.90. The Balaban J connectivity index is 1.40. The minimum absolute atomic E-state index is 0.111. The molecule has 0 radical (unpaired) electrons. The van der Waals surface area contributed by atoms with Gasteiger partial charge in [0.15, 0.2) is 11.5 Å². The van der Waals surface area contributed by atoms with Crippen LogP contribution in [0.5, 0.6) is 11.5 Å². The van der Waals surface area contributed by atoms with E-state index in [1.165, 1.54) is 0 Å². The van der Waals surface area contributed by atoms with Crippen molar-refractivity contribution in [2.75, 3.05) is 13.3 Å². The van der Waals surface area contributed by atoms with E-state index in [0.717, 1.165) is 27.7 Å². The van der Waals surface area contributed by atoms with Crippen molar-refractivity contribution in [2.45, 2.75) is 37.4 Å². The van der Waals surface area contributed by atoms with Crippen molar-refractivity contribution in [2.24, 2.45) is 5.92 Å². The number of para-hydroxylation sites is 1. The molecule has 4 atom stereocenters. The molecule has 2 N–H and O–H groups in total. The molecule has 7 rings (SSSR count). The Morgan fingerprint density at radius 1 is 1.03 bits per heavy atom. The number of carboxylic acid groups (broad SMARTS) is 1. The number of nitrogens with one attached hydrogen (secondary N) is 1. The molecule has 9 heteroatoms. The Bertz CT molecular complexity index is 1410. The maximum atomic E-state index is 14.0. The number of rotatable bonds is 2. The molecule has 0 aliphatic carbocycles. The van der Waals surface area contributed by atoms with Gasteiger partial charge >= 0.3 is 5.97 Å². The summed E-state index contributed by atoms with van der Waals surface area (Å²) < 4.78 is 11.1. The number of nitrogens with zero attached hydrogens (tertiary/aromatic N) is 2. The molecule has 4 aliphatic rings. The number of aliphatic carboxylic acids is 1. The highest BCUT2D eigenvalue weighted by Crippen LogP contribution is 2.46. The van der Waals surface area contributed by atoms with Gasteiger partial charge in [-0.2, -0.15) is 0 Å². The zero-order valence-electron chi connectivity index (χ0n) is 18.8. The van der Waals surface area contributed by atoms with Crippen LogP contribution in [0, 0.1) is 5.92 Å². The molecule has 2 aromatic carbocycles. The number of benzene rings is 2. The summed E-state index contributed by atoms with van der Waals surface area (Å²) in [6.45, 7) is 0.421. The minimum Gasteiger partial charge on any atom is -0.481 e. The Morgan fingerprint density at radius 3 is 2.71 bits per heavy atom. The van der Waals surface area contributed by atoms with Crippen LogP contribution in [-0.4, -0.2) is 63.1 Å². The fraction of sp³-hybridized carbons (Fsp3) is 0.346. The number of carbonyl (C=O) groups excluding carboxylic acids is 2. The van der Waals surface area contributed by atoms with Crippen LogP contribution < -0.4 is 9.47 Å². The topological polar surface area (TPSA) is 112 Å². The summed E-state index contributed by atoms with van der Waals surface area (Å²) in [6.07, 6.45) is 0.911. The molecule has 9 nitrogen and oxygen atoms in total. The molecule has 35 heavy (non-hydrogen) atoms. The number of H-pyrrole nitrogens is 1. The molecule has 0 saturated carbocycles. The van der Waals surface area contributed by atoms with Gasteiger partial charge in [-0.05, 0) is 42.2 Å². The lowest BCUT2D eigenvalue weighted by Gasteiger charge is -2.52. The second-order valence-electron chi connectivity index (χ2n) is 9.65. The summed E-state index contributed by atoms with van der Waals surface area (Å²) in [5, 5.41) is 10.6. The molecule has 3 aromatic rings. The lowest BCUT2D eigenvalue weighted by atomic mass is 9.81. The van der Waals surface area contributed by atoms with E-state index in [1.807, 2.05) is 42.5 Å². The lowest BCUT2D eigenvalue weighted by molar-refractivity contribution is -0.169. The summed E-state index contributed by atoms with van der Waals surface area (Å²) in [6, 6.07) is 11.6. The molecule has 5 heterocycles. The summed E-state index contributed by atoms with van der Waals surface area (Å²) in [7, 11) is 0. The number of carboxylic acids is 1. The molecule has 3 unspecified atom stereocenters. The quantitative estimate of drug-likeness (QED) is 0.591. The van der Waals surface area contributed by atoms with Crippen molar-refractivity contribution < 1.29 is 29.0 Å². The summed E-state index contributed by atoms with van der Waals surface area (Å²) >= 11 is 0. The molecule has 1 aromatic heterocycles. The third kappa shape index (κ3) is 2.84. The highest BCUT2D eigenvalue weighted by molar-refractivity contribution is 6.00. The maximum absolute atomic E-state index is 14.0. The van der Waals surface area contributed by atoms with Gasteiger partial charge in [0.05, 0.1) is 12.0 Å². The molecule has 2 fully saturated rings. The largest absolute Gasteiger partial charge is 0.481 e. The van der Waals surface area contributed by atoms with Crippen LogP contribution >= 0.6 is 0 Å². The number of amides is 2. The predicted molar refractivity (Wildman–Crippen MR) is 123 cm³/mol. The molecule has 178 valence electrons. The monoisotopic (exact) mass is 473 g/mol. The van der Waals surface area contributed by atoms with E-state index in [4.69, 9.17) is 9.47 Å². The number of piperidine rings is 1. The number of fused-ring (bicyclic) bond motifs is 6. The SMILES string of the molecule is O=C(O)C1CCN2C(=O)C3Cc4c([nH]c5ccccc45)[C@@H](c4ccc5c(c4)OCO5)N3C(=O)C2C1. The van der Waals surface area contributed by atoms with E-state index in [0.29, 0.717) is 24.3 Å². The second-order valence-corrected chi connectivity index (χ2v) is 9.65. The van der Waals surface area contributed by atoms with Gasteiger partial charge in [0, 0.05) is 29.6 Å². The van der Waals surface area contributed by atoms with Crippen LogP contribution in [0.2, 0.25) is 0 Å². The Labute approximate surface area is 200 Å². The van der Waals surface area contributed by atoms with Gasteiger partial charge in [-0.3, -0.25) is 14.4 Å². The fourth-order valence-corrected chi connectivity index (χ4v) is 6.23. The number of piperazine rings is 1. The number of aromatic amines is 1. The molecule has 2 saturated heterocycles. The zero-order chi connectivity index (χ0) is 23.8. The first-order valence-corrected chi connectivity index (χ1v) is 11.9. The maximum Gasteiger partial charge on any atom is 0.306 e. The lowest BCUT2D eigenvalue weighted by Crippen LogP contribution is -2.68. The third-order valence-electron chi connectivity index (χ3n) is 7.90. The summed E-state index contributed by atoms with van der Waals surface area (Å²) in [5.74, 6) is -0.629. The van der Waals surface area contributed by atoms with Crippen LogP contribution in [0.1, 0.15) is 35.7 Å². The smallest absolute Gasteiger partial charge is 0.306 e. The molecule has 0 spiro atoms. The standard InChI is InChI=1S/C26H23N3O6/c30-24-19-11-16-15-3-1-2-4-17(15)27-22(16)23(13-5-6-20-21(10-13)35-12-34-20)29(19)25(31)18-9-14(26(32)33)7-8-28(18)24/h1-6,10,14,18-19,23,27H,7-9,11-12H2,(H,32,33)/t14?,18?,19?,23-/m1/s1. The van der Waals surface area contributed by atoms with Gasteiger partial charge in [0.1, 0.15) is 12.1 Å². The van der Waals surface area contributed by atoms with Crippen LogP contribution in [0.4, 0.5) is 0 Å². The molecular formula is C26H23N3O6. The number of aromatic nitrogens is 1. The van der Waals surface area contributed by atoms with Gasteiger partial charge in [0.2, 0.25) is 18.6 Å². The predicted octanol–water partition coefficient (Wildman–Crippen LogP) is 2.44. The van der Waals surface area contributed by atoms with Crippen LogP contribution in [-0.2, 0) is 20.8 Å². The van der Waals surface area contributed by atoms with Crippen molar-refractivity contribution in [1.29, 1.82) is 0 Å². The van der Waals surface area contributed by atoms with Crippen LogP contribution in [0.15, 0.2) is 42.5 Å². The van der Waals surface area contributed by atoms with Crippen LogP contribution in [0.25, 0.3) is 10.9 Å². The highest BCUT2D eigenvalue weighted by Gasteiger charge is 2.54. The molecule has 0 bridgehead atoms. The molecular weight excluding hydrogens is 450 g/mol. The fourth-order valence-electron chi connectivity index (χ4n) is 6.23. The van der Waals surface area contributed by atoms with Crippen molar-refractivity contribution in [3.63, 3.8) is 0 Å². The number of ether oxygens (including phenoxy) is 2. The van der Waals surface area contributed by atoms with E-state index >= 15 is 0 Å². The number of carbonyl (C=O) groups is 3. The molecule has 2 amide bonds. The van der Waals surface area contributed by atoms with Gasteiger partial charge in [0.25, 0.3) is 0 Å². The minimum atomic E-state index is -0.920. The van der Waals surface area contributed by atoms with E-state index in [9.17, 15) is 19.5 Å². The van der Waals surface area contributed by atoms with Gasteiger partial charge in [-0.1, -0.05) is 24.3 Å². The normalized spacial score (nSPS) is 27.0. The van der Waals surface area contributed by atoms with Crippen molar-refractivity contribution >= 4 is 28.7 Å². The summed E-state index contributed by atoms with van der Waals surface area (Å²) in [4.78, 5) is 46.3. The zero-order valence-corrected chi connectivity index (χ0v) is 18.8. The number of hydrogen-bond acceptors (Lipinski definition) is 5. The second kappa shape index (κ2) is 7.24. The number of hydrogen-bond donors (Lipinski definition) is 2. The van der Waals surface area contributed by atoms with Crippen molar-refractivity contribution in [3.05, 3.63) is 59.3 Å². The molecule has 4 aliphatic heterocycles. The van der Waals surface area contributed by atoms with Crippen molar-refractivity contribution in [1.82, 2.24) is 14.8 Å². The van der Waals surface area contributed by atoms with E-state index in [1.54, 1.807) is 9.80 Å². The van der Waals surface area contributed by atoms with Crippen molar-refractivity contribution in [3.8, 4) is 11.5 Å². The van der Waals surface area contributed by atoms with Gasteiger partial charge in [-0.15, -0.1) is 0 Å². The average Bonchev–Trinajstić information content (AvgIpc) is 3.49. The van der Waals surface area contributed by atoms with E-state index < -0.39 is 30.0 Å². The Morgan fingerprint density at radius 2 is 1.86 bits per heavy atom. The van der Waals surface area contributed by atoms with Gasteiger partial charge < -0.3 is 29.4 Å². The first-order valence-electron chi connectivity index (χ1n) is 11.9. The van der Waals surface area contributed by atoms with Gasteiger partial charge in [-0.25, -0.2) is 0 Å². The summed E-state index contributed by atoms with van der Waals surface area (Å²) in [5.41, 5.74) is 3.67. The Kier molecular flexibility index (Phi) is 4.22. The van der Waals surface area contributed by atoms with E-state index in [-0.39, 0.29) is 31.6 Å². The Hall–Kier alpha value is -4.01.